The molecule has 5 nitrogen and oxygen atoms in total. The number of amides is 1. The molecule has 0 radical (unpaired) electrons. The van der Waals surface area contributed by atoms with Crippen LogP contribution in [0.2, 0.25) is 0 Å². The molecule has 162 valence electrons. The van der Waals surface area contributed by atoms with Gasteiger partial charge in [0.05, 0.1) is 18.6 Å². The first kappa shape index (κ1) is 21.2. The van der Waals surface area contributed by atoms with Gasteiger partial charge in [-0.05, 0) is 48.0 Å². The molecule has 0 bridgehead atoms. The van der Waals surface area contributed by atoms with Gasteiger partial charge in [-0.2, -0.15) is 0 Å². The highest BCUT2D eigenvalue weighted by molar-refractivity contribution is 6.05. The summed E-state index contributed by atoms with van der Waals surface area (Å²) >= 11 is 0. The number of aromatic nitrogens is 2. The number of carbonyl (C=O) groups excluding carboxylic acids is 1. The predicted octanol–water partition coefficient (Wildman–Crippen LogP) is 5.19. The third-order valence-electron chi connectivity index (χ3n) is 5.07. The SMILES string of the molecule is CN(C)c1ccc(C(=O)Nc2c(-c3ccc(F)cc3)ncn2Cc2ccccc2)cc1F. The first-order valence-electron chi connectivity index (χ1n) is 10.1. The van der Waals surface area contributed by atoms with Crippen LogP contribution < -0.4 is 10.2 Å². The number of hydrogen-bond donors (Lipinski definition) is 1. The van der Waals surface area contributed by atoms with Crippen LogP contribution in [0.4, 0.5) is 20.3 Å². The Kier molecular flexibility index (Phi) is 5.98. The van der Waals surface area contributed by atoms with Crippen LogP contribution in [0.5, 0.6) is 0 Å². The molecule has 4 aromatic rings. The highest BCUT2D eigenvalue weighted by Crippen LogP contribution is 2.28. The Balaban J connectivity index is 1.70. The molecular formula is C25H22F2N4O. The summed E-state index contributed by atoms with van der Waals surface area (Å²) in [6.07, 6.45) is 1.62. The number of hydrogen-bond acceptors (Lipinski definition) is 3. The second-order valence-corrected chi connectivity index (χ2v) is 7.58. The quantitative estimate of drug-likeness (QED) is 0.456. The van der Waals surface area contributed by atoms with Gasteiger partial charge in [0.25, 0.3) is 5.91 Å². The molecule has 1 aromatic heterocycles. The van der Waals surface area contributed by atoms with E-state index in [1.165, 1.54) is 18.2 Å². The number of nitrogens with one attached hydrogen (secondary N) is 1. The highest BCUT2D eigenvalue weighted by atomic mass is 19.1. The molecule has 3 aromatic carbocycles. The maximum Gasteiger partial charge on any atom is 0.256 e. The number of carbonyl (C=O) groups is 1. The average Bonchev–Trinajstić information content (AvgIpc) is 3.16. The van der Waals surface area contributed by atoms with Gasteiger partial charge in [0, 0.05) is 25.2 Å². The van der Waals surface area contributed by atoms with E-state index in [1.54, 1.807) is 54.2 Å². The van der Waals surface area contributed by atoms with Gasteiger partial charge in [-0.1, -0.05) is 30.3 Å². The van der Waals surface area contributed by atoms with Crippen LogP contribution in [0.15, 0.2) is 79.1 Å². The molecule has 32 heavy (non-hydrogen) atoms. The van der Waals surface area contributed by atoms with E-state index in [2.05, 4.69) is 10.3 Å². The number of anilines is 2. The summed E-state index contributed by atoms with van der Waals surface area (Å²) in [6.45, 7) is 0.471. The lowest BCUT2D eigenvalue weighted by Crippen LogP contribution is -2.17. The van der Waals surface area contributed by atoms with Gasteiger partial charge in [0.15, 0.2) is 0 Å². The highest BCUT2D eigenvalue weighted by Gasteiger charge is 2.18. The number of benzene rings is 3. The fourth-order valence-electron chi connectivity index (χ4n) is 3.42. The summed E-state index contributed by atoms with van der Waals surface area (Å²) in [4.78, 5) is 19.1. The van der Waals surface area contributed by atoms with Crippen molar-refractivity contribution in [3.05, 3.63) is 102 Å². The van der Waals surface area contributed by atoms with Crippen molar-refractivity contribution in [2.75, 3.05) is 24.3 Å². The largest absolute Gasteiger partial charge is 0.375 e. The van der Waals surface area contributed by atoms with Gasteiger partial charge in [-0.25, -0.2) is 13.8 Å². The minimum atomic E-state index is -0.487. The molecule has 0 spiro atoms. The van der Waals surface area contributed by atoms with Crippen molar-refractivity contribution >= 4 is 17.4 Å². The smallest absolute Gasteiger partial charge is 0.256 e. The fourth-order valence-corrected chi connectivity index (χ4v) is 3.42. The Morgan fingerprint density at radius 2 is 1.72 bits per heavy atom. The van der Waals surface area contributed by atoms with Gasteiger partial charge in [-0.3, -0.25) is 4.79 Å². The van der Waals surface area contributed by atoms with Crippen LogP contribution in [0.25, 0.3) is 11.3 Å². The number of nitrogens with zero attached hydrogens (tertiary/aromatic N) is 3. The molecule has 7 heteroatoms. The normalized spacial score (nSPS) is 10.8. The zero-order valence-corrected chi connectivity index (χ0v) is 17.7. The summed E-state index contributed by atoms with van der Waals surface area (Å²) in [5, 5.41) is 2.87. The monoisotopic (exact) mass is 432 g/mol. The first-order valence-corrected chi connectivity index (χ1v) is 10.1. The average molecular weight is 432 g/mol. The molecule has 1 heterocycles. The van der Waals surface area contributed by atoms with Crippen molar-refractivity contribution in [2.24, 2.45) is 0 Å². The number of imidazole rings is 1. The summed E-state index contributed by atoms with van der Waals surface area (Å²) in [6, 6.07) is 20.0. The van der Waals surface area contributed by atoms with E-state index in [9.17, 15) is 13.6 Å². The van der Waals surface area contributed by atoms with E-state index in [0.717, 1.165) is 5.56 Å². The van der Waals surface area contributed by atoms with Gasteiger partial charge in [0.1, 0.15) is 23.1 Å². The maximum absolute atomic E-state index is 14.4. The van der Waals surface area contributed by atoms with Crippen LogP contribution in [0, 0.1) is 11.6 Å². The summed E-state index contributed by atoms with van der Waals surface area (Å²) in [7, 11) is 3.46. The minimum Gasteiger partial charge on any atom is -0.375 e. The van der Waals surface area contributed by atoms with E-state index >= 15 is 0 Å². The standard InChI is InChI=1S/C25H22F2N4O/c1-30(2)22-13-10-19(14-21(22)27)25(32)29-24-23(18-8-11-20(26)12-9-18)28-16-31(24)15-17-6-4-3-5-7-17/h3-14,16H,15H2,1-2H3,(H,29,32). The summed E-state index contributed by atoms with van der Waals surface area (Å²) in [5.41, 5.74) is 2.75. The van der Waals surface area contributed by atoms with Crippen molar-refractivity contribution in [2.45, 2.75) is 6.54 Å². The zero-order valence-electron chi connectivity index (χ0n) is 17.7. The van der Waals surface area contributed by atoms with Crippen molar-refractivity contribution in [1.29, 1.82) is 0 Å². The lowest BCUT2D eigenvalue weighted by molar-refractivity contribution is 0.102. The molecule has 4 rings (SSSR count). The van der Waals surface area contributed by atoms with Crippen LogP contribution in [-0.4, -0.2) is 29.6 Å². The second kappa shape index (κ2) is 9.01. The predicted molar refractivity (Wildman–Crippen MR) is 122 cm³/mol. The summed E-state index contributed by atoms with van der Waals surface area (Å²) in [5.74, 6) is -0.867. The topological polar surface area (TPSA) is 50.2 Å². The van der Waals surface area contributed by atoms with Crippen LogP contribution in [0.3, 0.4) is 0 Å². The maximum atomic E-state index is 14.4. The minimum absolute atomic E-state index is 0.186. The van der Waals surface area contributed by atoms with Crippen molar-refractivity contribution in [1.82, 2.24) is 9.55 Å². The fraction of sp³-hybridized carbons (Fsp3) is 0.120. The third kappa shape index (κ3) is 4.51. The van der Waals surface area contributed by atoms with Gasteiger partial charge < -0.3 is 14.8 Å². The van der Waals surface area contributed by atoms with Gasteiger partial charge in [-0.15, -0.1) is 0 Å². The van der Waals surface area contributed by atoms with E-state index in [1.807, 2.05) is 30.3 Å². The van der Waals surface area contributed by atoms with E-state index in [-0.39, 0.29) is 11.4 Å². The van der Waals surface area contributed by atoms with E-state index in [4.69, 9.17) is 0 Å². The van der Waals surface area contributed by atoms with E-state index < -0.39 is 11.7 Å². The molecule has 1 amide bonds. The Morgan fingerprint density at radius 3 is 2.38 bits per heavy atom. The Hall–Kier alpha value is -4.00. The summed E-state index contributed by atoms with van der Waals surface area (Å²) < 4.78 is 29.6. The van der Waals surface area contributed by atoms with Crippen LogP contribution in [-0.2, 0) is 6.54 Å². The van der Waals surface area contributed by atoms with Crippen molar-refractivity contribution < 1.29 is 13.6 Å². The molecule has 0 fully saturated rings. The van der Waals surface area contributed by atoms with E-state index in [0.29, 0.717) is 29.3 Å². The molecule has 0 aliphatic heterocycles. The molecule has 1 N–H and O–H groups in total. The van der Waals surface area contributed by atoms with Crippen LogP contribution >= 0.6 is 0 Å². The zero-order chi connectivity index (χ0) is 22.7. The third-order valence-corrected chi connectivity index (χ3v) is 5.07. The second-order valence-electron chi connectivity index (χ2n) is 7.58. The number of halogens is 2. The Labute approximate surface area is 185 Å². The van der Waals surface area contributed by atoms with Gasteiger partial charge >= 0.3 is 0 Å². The lowest BCUT2D eigenvalue weighted by atomic mass is 10.1. The van der Waals surface area contributed by atoms with Crippen LogP contribution in [0.1, 0.15) is 15.9 Å². The Bertz CT molecular complexity index is 1230. The molecular weight excluding hydrogens is 410 g/mol. The molecule has 0 aliphatic rings. The first-order chi connectivity index (χ1) is 15.4. The number of rotatable bonds is 6. The molecule has 0 aliphatic carbocycles. The molecule has 0 saturated carbocycles. The van der Waals surface area contributed by atoms with Crippen molar-refractivity contribution in [3.63, 3.8) is 0 Å². The van der Waals surface area contributed by atoms with Gasteiger partial charge in [0.2, 0.25) is 0 Å². The van der Waals surface area contributed by atoms with Crippen molar-refractivity contribution in [3.8, 4) is 11.3 Å². The molecule has 0 saturated heterocycles. The Morgan fingerprint density at radius 1 is 1.00 bits per heavy atom. The molecule has 0 atom stereocenters. The molecule has 0 unspecified atom stereocenters. The lowest BCUT2D eigenvalue weighted by Gasteiger charge is -2.15.